The molecule has 5 aromatic rings. The van der Waals surface area contributed by atoms with Gasteiger partial charge in [0.05, 0.1) is 19.2 Å². The molecule has 9 heteroatoms. The Morgan fingerprint density at radius 2 is 1.24 bits per heavy atom. The largest absolute Gasteiger partial charge is 0.379 e. The highest BCUT2D eigenvalue weighted by atomic mass is 19.1. The fourth-order valence-electron chi connectivity index (χ4n) is 8.78. The Morgan fingerprint density at radius 1 is 0.683 bits per heavy atom. The minimum absolute atomic E-state index is 0.0299. The third-order valence-corrected chi connectivity index (χ3v) is 12.3. The van der Waals surface area contributed by atoms with Crippen molar-refractivity contribution < 1.29 is 18.3 Å². The third-order valence-electron chi connectivity index (χ3n) is 12.3. The van der Waals surface area contributed by atoms with Gasteiger partial charge in [-0.1, -0.05) is 105 Å². The van der Waals surface area contributed by atoms with E-state index in [9.17, 15) is 13.6 Å². The van der Waals surface area contributed by atoms with Crippen LogP contribution in [0.2, 0.25) is 0 Å². The Morgan fingerprint density at radius 3 is 1.81 bits per heavy atom. The molecule has 2 aliphatic rings. The molecule has 2 heterocycles. The molecule has 2 fully saturated rings. The van der Waals surface area contributed by atoms with E-state index in [1.165, 1.54) is 61.4 Å². The quantitative estimate of drug-likeness (QED) is 0.0893. The minimum atomic E-state index is -0.253. The second-order valence-corrected chi connectivity index (χ2v) is 17.8. The molecule has 0 aliphatic carbocycles. The van der Waals surface area contributed by atoms with E-state index in [0.29, 0.717) is 18.5 Å². The van der Waals surface area contributed by atoms with Crippen LogP contribution >= 0.6 is 0 Å². The van der Waals surface area contributed by atoms with E-state index >= 15 is 0 Å². The van der Waals surface area contributed by atoms with Crippen LogP contribution in [0.4, 0.5) is 20.2 Å². The number of ether oxygens (including phenoxy) is 1. The topological polar surface area (TPSA) is 51.3 Å². The molecule has 1 unspecified atom stereocenters. The summed E-state index contributed by atoms with van der Waals surface area (Å²) in [6.07, 6.45) is 4.50. The number of para-hydroxylation sites is 2. The first-order valence-electron chi connectivity index (χ1n) is 23.1. The number of benzene rings is 5. The average molecular weight is 858 g/mol. The lowest BCUT2D eigenvalue weighted by atomic mass is 9.87. The first-order valence-corrected chi connectivity index (χ1v) is 23.1. The summed E-state index contributed by atoms with van der Waals surface area (Å²) >= 11 is 0. The van der Waals surface area contributed by atoms with Gasteiger partial charge in [-0.3, -0.25) is 14.6 Å². The lowest BCUT2D eigenvalue weighted by molar-refractivity contribution is -0.117. The molecule has 0 bridgehead atoms. The molecule has 1 atom stereocenters. The summed E-state index contributed by atoms with van der Waals surface area (Å²) in [4.78, 5) is 22.4. The van der Waals surface area contributed by atoms with Gasteiger partial charge >= 0.3 is 0 Å². The van der Waals surface area contributed by atoms with Crippen LogP contribution in [0.1, 0.15) is 73.3 Å². The zero-order valence-corrected chi connectivity index (χ0v) is 38.0. The Balaban J connectivity index is 0.000000219. The first-order chi connectivity index (χ1) is 30.6. The predicted octanol–water partition coefficient (Wildman–Crippen LogP) is 10.6. The van der Waals surface area contributed by atoms with Crippen molar-refractivity contribution in [1.82, 2.24) is 14.7 Å². The van der Waals surface area contributed by atoms with Gasteiger partial charge in [-0.15, -0.1) is 0 Å². The highest BCUT2D eigenvalue weighted by molar-refractivity contribution is 5.93. The van der Waals surface area contributed by atoms with E-state index in [2.05, 4.69) is 99.4 Å². The summed E-state index contributed by atoms with van der Waals surface area (Å²) in [7, 11) is 0. The molecule has 1 amide bonds. The van der Waals surface area contributed by atoms with Crippen LogP contribution in [0.25, 0.3) is 0 Å². The number of likely N-dealkylation sites (tertiary alicyclic amines) is 1. The van der Waals surface area contributed by atoms with Crippen molar-refractivity contribution in [1.29, 1.82) is 0 Å². The van der Waals surface area contributed by atoms with Crippen LogP contribution in [0.5, 0.6) is 0 Å². The molecule has 63 heavy (non-hydrogen) atoms. The van der Waals surface area contributed by atoms with Gasteiger partial charge < -0.3 is 19.9 Å². The lowest BCUT2D eigenvalue weighted by Crippen LogP contribution is -2.48. The smallest absolute Gasteiger partial charge is 0.238 e. The van der Waals surface area contributed by atoms with Gasteiger partial charge in [-0.2, -0.15) is 0 Å². The Kier molecular flexibility index (Phi) is 18.7. The van der Waals surface area contributed by atoms with E-state index in [1.807, 2.05) is 56.3 Å². The zero-order valence-electron chi connectivity index (χ0n) is 38.0. The van der Waals surface area contributed by atoms with Gasteiger partial charge in [0.15, 0.2) is 0 Å². The normalized spacial score (nSPS) is 15.3. The predicted molar refractivity (Wildman–Crippen MR) is 255 cm³/mol. The number of nitrogens with one attached hydrogen (secondary N) is 1. The van der Waals surface area contributed by atoms with Gasteiger partial charge in [0, 0.05) is 63.2 Å². The molecule has 2 aliphatic heterocycles. The van der Waals surface area contributed by atoms with Crippen LogP contribution in [-0.4, -0.2) is 98.8 Å². The van der Waals surface area contributed by atoms with Gasteiger partial charge in [0.25, 0.3) is 0 Å². The Bertz CT molecular complexity index is 2000. The fraction of sp³-hybridized carbons (Fsp3) is 0.426. The molecule has 7 nitrogen and oxygen atoms in total. The molecule has 0 spiro atoms. The summed E-state index contributed by atoms with van der Waals surface area (Å²) in [5.41, 5.74) is 7.79. The third kappa shape index (κ3) is 15.4. The molecule has 0 aromatic heterocycles. The number of aryl methyl sites for hydroxylation is 2. The van der Waals surface area contributed by atoms with Crippen molar-refractivity contribution >= 4 is 17.3 Å². The van der Waals surface area contributed by atoms with E-state index in [0.717, 1.165) is 99.8 Å². The second-order valence-electron chi connectivity index (χ2n) is 17.8. The number of carbonyl (C=O) groups is 1. The maximum Gasteiger partial charge on any atom is 0.238 e. The van der Waals surface area contributed by atoms with Crippen molar-refractivity contribution in [3.8, 4) is 0 Å². The van der Waals surface area contributed by atoms with Crippen molar-refractivity contribution in [2.75, 3.05) is 82.3 Å². The SMILES string of the molecule is CC(C)COCC(CN(Cc1ccccc1)c1ccccc1)N1CCCC1.Cc1cccc(C)c1NC(=O)CN1CCN(CCCC(c2ccc(F)cc2)c2ccc(F)cc2)CC1. The number of hydrogen-bond acceptors (Lipinski definition) is 6. The number of amides is 1. The number of rotatable bonds is 19. The Labute approximate surface area is 376 Å². The van der Waals surface area contributed by atoms with Gasteiger partial charge in [0.1, 0.15) is 11.6 Å². The Hall–Kier alpha value is -4.93. The van der Waals surface area contributed by atoms with E-state index in [4.69, 9.17) is 4.74 Å². The van der Waals surface area contributed by atoms with E-state index < -0.39 is 0 Å². The maximum atomic E-state index is 13.5. The van der Waals surface area contributed by atoms with Crippen molar-refractivity contribution in [2.24, 2.45) is 5.92 Å². The van der Waals surface area contributed by atoms with E-state index in [-0.39, 0.29) is 23.5 Å². The monoisotopic (exact) mass is 858 g/mol. The van der Waals surface area contributed by atoms with Crippen LogP contribution < -0.4 is 10.2 Å². The fourth-order valence-corrected chi connectivity index (χ4v) is 8.78. The number of carbonyl (C=O) groups excluding carboxylic acids is 1. The molecule has 5 aromatic carbocycles. The van der Waals surface area contributed by atoms with Crippen LogP contribution in [0.3, 0.4) is 0 Å². The molecular weight excluding hydrogens is 789 g/mol. The number of nitrogens with zero attached hydrogens (tertiary/aromatic N) is 4. The van der Waals surface area contributed by atoms with Gasteiger partial charge in [-0.25, -0.2) is 8.78 Å². The minimum Gasteiger partial charge on any atom is -0.379 e. The molecule has 0 saturated carbocycles. The standard InChI is InChI=1S/C30H35F2N3O.C24H34N2O/c1-22-5-3-6-23(2)30(22)33-29(36)21-35-19-17-34(18-20-35)16-4-7-28(24-8-12-26(31)13-9-24)25-10-14-27(32)15-11-25;1-21(2)19-27-20-24(25-15-9-10-16-25)18-26(23-13-7-4-8-14-23)17-22-11-5-3-6-12-22/h3,5-6,8-15,28H,4,7,16-21H2,1-2H3,(H,33,36);3-8,11-14,21,24H,9-10,15-20H2,1-2H3. The number of hydrogen-bond donors (Lipinski definition) is 1. The van der Waals surface area contributed by atoms with Gasteiger partial charge in [-0.05, 0) is 129 Å². The highest BCUT2D eigenvalue weighted by Crippen LogP contribution is 2.30. The zero-order chi connectivity index (χ0) is 44.4. The summed E-state index contributed by atoms with van der Waals surface area (Å²) < 4.78 is 33.0. The van der Waals surface area contributed by atoms with Crippen LogP contribution in [0.15, 0.2) is 127 Å². The summed E-state index contributed by atoms with van der Waals surface area (Å²) in [5.74, 6) is 0.205. The van der Waals surface area contributed by atoms with E-state index in [1.54, 1.807) is 0 Å². The highest BCUT2D eigenvalue weighted by Gasteiger charge is 2.25. The summed E-state index contributed by atoms with van der Waals surface area (Å²) in [6.45, 7) is 19.4. The number of halogens is 2. The molecule has 2 saturated heterocycles. The van der Waals surface area contributed by atoms with Crippen molar-refractivity contribution in [3.63, 3.8) is 0 Å². The number of anilines is 2. The van der Waals surface area contributed by atoms with Gasteiger partial charge in [0.2, 0.25) is 5.91 Å². The molecule has 336 valence electrons. The summed E-state index contributed by atoms with van der Waals surface area (Å²) in [6, 6.07) is 41.3. The molecule has 0 radical (unpaired) electrons. The second kappa shape index (κ2) is 24.8. The average Bonchev–Trinajstić information content (AvgIpc) is 3.84. The van der Waals surface area contributed by atoms with Crippen LogP contribution in [-0.2, 0) is 16.1 Å². The maximum absolute atomic E-state index is 13.5. The van der Waals surface area contributed by atoms with Crippen LogP contribution in [0, 0.1) is 31.4 Å². The van der Waals surface area contributed by atoms with Crippen molar-refractivity contribution in [3.05, 3.63) is 167 Å². The first kappa shape index (κ1) is 47.5. The van der Waals surface area contributed by atoms with Crippen molar-refractivity contribution in [2.45, 2.75) is 71.9 Å². The summed E-state index contributed by atoms with van der Waals surface area (Å²) in [5, 5.41) is 3.08. The lowest BCUT2D eigenvalue weighted by Gasteiger charge is -2.34. The molecule has 7 rings (SSSR count). The molecule has 1 N–H and O–H groups in total. The molecular formula is C54H69F2N5O2. The number of piperazine rings is 1.